The maximum absolute atomic E-state index is 12.3. The standard InChI is InChI=1S/C11H20N4O2S/c1-4-9(5-2)15(3)18(16,17)10-6-7-11(14-12)13-8-10/h6-9H,4-5,12H2,1-3H3,(H,13,14). The van der Waals surface area contributed by atoms with E-state index < -0.39 is 10.0 Å². The summed E-state index contributed by atoms with van der Waals surface area (Å²) in [5, 5.41) is 0. The van der Waals surface area contributed by atoms with Crippen LogP contribution in [0, 0.1) is 0 Å². The Labute approximate surface area is 108 Å². The molecule has 1 aromatic heterocycles. The van der Waals surface area contributed by atoms with Gasteiger partial charge in [0.1, 0.15) is 10.7 Å². The summed E-state index contributed by atoms with van der Waals surface area (Å²) in [6.45, 7) is 3.94. The van der Waals surface area contributed by atoms with Crippen molar-refractivity contribution in [2.45, 2.75) is 37.6 Å². The zero-order valence-electron chi connectivity index (χ0n) is 10.9. The van der Waals surface area contributed by atoms with Gasteiger partial charge in [-0.05, 0) is 25.0 Å². The van der Waals surface area contributed by atoms with Crippen molar-refractivity contribution in [2.24, 2.45) is 5.84 Å². The average molecular weight is 272 g/mol. The maximum Gasteiger partial charge on any atom is 0.244 e. The SMILES string of the molecule is CCC(CC)N(C)S(=O)(=O)c1ccc(NN)nc1. The number of hydrogen-bond acceptors (Lipinski definition) is 5. The Kier molecular flexibility index (Phi) is 5.06. The van der Waals surface area contributed by atoms with E-state index in [0.29, 0.717) is 5.82 Å². The van der Waals surface area contributed by atoms with E-state index in [1.807, 2.05) is 13.8 Å². The number of pyridine rings is 1. The van der Waals surface area contributed by atoms with Crippen LogP contribution < -0.4 is 11.3 Å². The second-order valence-corrected chi connectivity index (χ2v) is 6.01. The molecule has 0 aliphatic heterocycles. The molecule has 0 saturated carbocycles. The molecule has 0 fully saturated rings. The van der Waals surface area contributed by atoms with E-state index in [1.165, 1.54) is 22.6 Å². The Bertz CT molecular complexity index is 468. The van der Waals surface area contributed by atoms with E-state index in [-0.39, 0.29) is 10.9 Å². The molecule has 0 saturated heterocycles. The van der Waals surface area contributed by atoms with Crippen molar-refractivity contribution in [3.05, 3.63) is 18.3 Å². The first-order valence-electron chi connectivity index (χ1n) is 5.88. The molecule has 0 aliphatic carbocycles. The minimum absolute atomic E-state index is 0.00214. The lowest BCUT2D eigenvalue weighted by Crippen LogP contribution is -2.36. The zero-order valence-corrected chi connectivity index (χ0v) is 11.7. The number of nitrogens with two attached hydrogens (primary N) is 1. The van der Waals surface area contributed by atoms with E-state index in [0.717, 1.165) is 12.8 Å². The Morgan fingerprint density at radius 3 is 2.39 bits per heavy atom. The van der Waals surface area contributed by atoms with E-state index in [2.05, 4.69) is 10.4 Å². The normalized spacial score (nSPS) is 12.1. The van der Waals surface area contributed by atoms with Crippen LogP contribution in [0.1, 0.15) is 26.7 Å². The predicted octanol–water partition coefficient (Wildman–Crippen LogP) is 1.18. The second-order valence-electron chi connectivity index (χ2n) is 4.02. The fourth-order valence-electron chi connectivity index (χ4n) is 1.78. The lowest BCUT2D eigenvalue weighted by molar-refractivity contribution is 0.349. The third kappa shape index (κ3) is 2.98. The summed E-state index contributed by atoms with van der Waals surface area (Å²) in [5.74, 6) is 5.62. The van der Waals surface area contributed by atoms with Gasteiger partial charge in [0.25, 0.3) is 0 Å². The van der Waals surface area contributed by atoms with Gasteiger partial charge in [-0.2, -0.15) is 4.31 Å². The van der Waals surface area contributed by atoms with Gasteiger partial charge in [-0.15, -0.1) is 0 Å². The number of nitrogen functional groups attached to an aromatic ring is 1. The third-order valence-electron chi connectivity index (χ3n) is 3.02. The number of hydrogen-bond donors (Lipinski definition) is 2. The number of anilines is 1. The fraction of sp³-hybridized carbons (Fsp3) is 0.545. The molecule has 0 aromatic carbocycles. The van der Waals surface area contributed by atoms with Crippen LogP contribution in [-0.4, -0.2) is 30.8 Å². The van der Waals surface area contributed by atoms with Gasteiger partial charge < -0.3 is 5.43 Å². The summed E-state index contributed by atoms with van der Waals surface area (Å²) in [6.07, 6.45) is 2.87. The quantitative estimate of drug-likeness (QED) is 0.599. The first-order chi connectivity index (χ1) is 8.47. The molecule has 0 amide bonds. The van der Waals surface area contributed by atoms with Crippen LogP contribution in [0.3, 0.4) is 0 Å². The van der Waals surface area contributed by atoms with Gasteiger partial charge in [-0.3, -0.25) is 0 Å². The lowest BCUT2D eigenvalue weighted by atomic mass is 10.2. The highest BCUT2D eigenvalue weighted by molar-refractivity contribution is 7.89. The summed E-state index contributed by atoms with van der Waals surface area (Å²) in [4.78, 5) is 4.09. The van der Waals surface area contributed by atoms with Crippen LogP contribution in [0.2, 0.25) is 0 Å². The number of hydrazine groups is 1. The molecule has 6 nitrogen and oxygen atoms in total. The largest absolute Gasteiger partial charge is 0.308 e. The molecule has 102 valence electrons. The van der Waals surface area contributed by atoms with Crippen LogP contribution in [0.4, 0.5) is 5.82 Å². The number of nitrogens with one attached hydrogen (secondary N) is 1. The molecule has 18 heavy (non-hydrogen) atoms. The monoisotopic (exact) mass is 272 g/mol. The highest BCUT2D eigenvalue weighted by Gasteiger charge is 2.26. The average Bonchev–Trinajstić information content (AvgIpc) is 2.40. The molecule has 1 aromatic rings. The van der Waals surface area contributed by atoms with E-state index >= 15 is 0 Å². The topological polar surface area (TPSA) is 88.3 Å². The summed E-state index contributed by atoms with van der Waals surface area (Å²) >= 11 is 0. The van der Waals surface area contributed by atoms with E-state index in [4.69, 9.17) is 5.84 Å². The Hall–Kier alpha value is -1.18. The van der Waals surface area contributed by atoms with Crippen molar-refractivity contribution in [3.63, 3.8) is 0 Å². The van der Waals surface area contributed by atoms with Crippen molar-refractivity contribution in [3.8, 4) is 0 Å². The van der Waals surface area contributed by atoms with Gasteiger partial charge >= 0.3 is 0 Å². The molecular weight excluding hydrogens is 252 g/mol. The van der Waals surface area contributed by atoms with Gasteiger partial charge in [0.15, 0.2) is 0 Å². The van der Waals surface area contributed by atoms with Crippen molar-refractivity contribution >= 4 is 15.8 Å². The van der Waals surface area contributed by atoms with Gasteiger partial charge in [0.2, 0.25) is 10.0 Å². The molecule has 7 heteroatoms. The van der Waals surface area contributed by atoms with Crippen molar-refractivity contribution in [2.75, 3.05) is 12.5 Å². The number of nitrogens with zero attached hydrogens (tertiary/aromatic N) is 2. The van der Waals surface area contributed by atoms with E-state index in [1.54, 1.807) is 7.05 Å². The number of sulfonamides is 1. The molecule has 3 N–H and O–H groups in total. The molecule has 0 spiro atoms. The highest BCUT2D eigenvalue weighted by atomic mass is 32.2. The van der Waals surface area contributed by atoms with E-state index in [9.17, 15) is 8.42 Å². The summed E-state index contributed by atoms with van der Waals surface area (Å²) < 4.78 is 26.1. The van der Waals surface area contributed by atoms with Crippen LogP contribution in [0.25, 0.3) is 0 Å². The molecular formula is C11H20N4O2S. The lowest BCUT2D eigenvalue weighted by Gasteiger charge is -2.25. The summed E-state index contributed by atoms with van der Waals surface area (Å²) in [5.41, 5.74) is 2.36. The molecule has 0 radical (unpaired) electrons. The van der Waals surface area contributed by atoms with Gasteiger partial charge in [-0.1, -0.05) is 13.8 Å². The Morgan fingerprint density at radius 2 is 2.00 bits per heavy atom. The summed E-state index contributed by atoms with van der Waals surface area (Å²) in [6, 6.07) is 3.03. The molecule has 1 heterocycles. The van der Waals surface area contributed by atoms with Gasteiger partial charge in [0, 0.05) is 19.3 Å². The van der Waals surface area contributed by atoms with Crippen LogP contribution in [-0.2, 0) is 10.0 Å². The van der Waals surface area contributed by atoms with Crippen LogP contribution in [0.5, 0.6) is 0 Å². The van der Waals surface area contributed by atoms with Gasteiger partial charge in [0.05, 0.1) is 0 Å². The minimum Gasteiger partial charge on any atom is -0.308 e. The molecule has 0 aliphatic rings. The smallest absolute Gasteiger partial charge is 0.244 e. The minimum atomic E-state index is -3.49. The second kappa shape index (κ2) is 6.12. The van der Waals surface area contributed by atoms with Crippen molar-refractivity contribution < 1.29 is 8.42 Å². The molecule has 0 bridgehead atoms. The zero-order chi connectivity index (χ0) is 13.8. The Balaban J connectivity index is 3.04. The summed E-state index contributed by atoms with van der Waals surface area (Å²) in [7, 11) is -1.89. The van der Waals surface area contributed by atoms with Crippen molar-refractivity contribution in [1.82, 2.24) is 9.29 Å². The first kappa shape index (κ1) is 14.9. The predicted molar refractivity (Wildman–Crippen MR) is 71.4 cm³/mol. The first-order valence-corrected chi connectivity index (χ1v) is 7.32. The fourth-order valence-corrected chi connectivity index (χ4v) is 3.23. The van der Waals surface area contributed by atoms with Crippen LogP contribution in [0.15, 0.2) is 23.2 Å². The Morgan fingerprint density at radius 1 is 1.39 bits per heavy atom. The number of rotatable bonds is 6. The maximum atomic E-state index is 12.3. The van der Waals surface area contributed by atoms with Crippen LogP contribution >= 0.6 is 0 Å². The molecule has 0 atom stereocenters. The van der Waals surface area contributed by atoms with Crippen molar-refractivity contribution in [1.29, 1.82) is 0 Å². The highest BCUT2D eigenvalue weighted by Crippen LogP contribution is 2.19. The number of aromatic nitrogens is 1. The third-order valence-corrected chi connectivity index (χ3v) is 4.91. The van der Waals surface area contributed by atoms with Gasteiger partial charge in [-0.25, -0.2) is 19.2 Å². The molecule has 0 unspecified atom stereocenters. The molecule has 1 rings (SSSR count).